The molecule has 0 spiro atoms. The quantitative estimate of drug-likeness (QED) is 0.458. The normalized spacial score (nSPS) is 17.2. The van der Waals surface area contributed by atoms with Gasteiger partial charge in [0, 0.05) is 0 Å². The second kappa shape index (κ2) is 1.30. The van der Waals surface area contributed by atoms with Gasteiger partial charge in [0.2, 0.25) is 0 Å². The van der Waals surface area contributed by atoms with Crippen LogP contribution in [0.5, 0.6) is 0 Å². The van der Waals surface area contributed by atoms with Crippen molar-refractivity contribution in [2.24, 2.45) is 0 Å². The Kier molecular flexibility index (Phi) is 0.801. The van der Waals surface area contributed by atoms with Gasteiger partial charge >= 0.3 is 0 Å². The number of nitrogens with zero attached hydrogens (tertiary/aromatic N) is 1. The number of halogens is 1. The zero-order valence-corrected chi connectivity index (χ0v) is 3.74. The van der Waals surface area contributed by atoms with E-state index in [1.807, 2.05) is 0 Å². The Morgan fingerprint density at radius 3 is 2.83 bits per heavy atom. The van der Waals surface area contributed by atoms with E-state index in [4.69, 9.17) is 11.6 Å². The summed E-state index contributed by atoms with van der Waals surface area (Å²) in [6.45, 7) is 0. The third-order valence-electron chi connectivity index (χ3n) is 0.465. The molecule has 0 amide bonds. The molecule has 2 nitrogen and oxygen atoms in total. The molecule has 0 atom stereocenters. The molecule has 0 fully saturated rings. The van der Waals surface area contributed by atoms with E-state index < -0.39 is 0 Å². The second-order valence-corrected chi connectivity index (χ2v) is 1.35. The van der Waals surface area contributed by atoms with Crippen LogP contribution in [-0.2, 0) is 0 Å². The first-order valence-electron chi connectivity index (χ1n) is 1.54. The first-order chi connectivity index (χ1) is 2.89. The van der Waals surface area contributed by atoms with Crippen molar-refractivity contribution in [3.05, 3.63) is 11.2 Å². The third-order valence-corrected chi connectivity index (χ3v) is 0.672. The number of rotatable bonds is 0. The average molecular weight is 103 g/mol. The summed E-state index contributed by atoms with van der Waals surface area (Å²) in [5, 5.41) is 4.21. The fourth-order valence-electron chi connectivity index (χ4n) is 0.235. The summed E-state index contributed by atoms with van der Waals surface area (Å²) in [4.78, 5) is 0. The number of nitrogens with one attached hydrogen (secondary N) is 1. The van der Waals surface area contributed by atoms with E-state index in [0.29, 0.717) is 5.03 Å². The van der Waals surface area contributed by atoms with Gasteiger partial charge in [-0.2, -0.15) is 0 Å². The minimum atomic E-state index is 0.648. The van der Waals surface area contributed by atoms with Crippen LogP contribution >= 0.6 is 11.6 Å². The molecule has 1 heterocycles. The average Bonchev–Trinajstić information content (AvgIpc) is 1.86. The van der Waals surface area contributed by atoms with Crippen LogP contribution in [0.25, 0.3) is 0 Å². The maximum Gasteiger partial charge on any atom is 0.295 e. The van der Waals surface area contributed by atoms with Crippen LogP contribution < -0.4 is 10.5 Å². The van der Waals surface area contributed by atoms with Gasteiger partial charge < -0.3 is 0 Å². The van der Waals surface area contributed by atoms with Gasteiger partial charge in [-0.25, -0.2) is 0 Å². The van der Waals surface area contributed by atoms with Crippen molar-refractivity contribution in [1.82, 2.24) is 10.5 Å². The molecule has 3 heteroatoms. The molecule has 31 valence electrons. The molecule has 0 saturated carbocycles. The molecule has 0 bridgehead atoms. The first-order valence-corrected chi connectivity index (χ1v) is 1.91. The highest BCUT2D eigenvalue weighted by molar-refractivity contribution is 6.39. The smallest absolute Gasteiger partial charge is 0.106 e. The van der Waals surface area contributed by atoms with Crippen LogP contribution in [-0.4, -0.2) is 6.21 Å². The Balaban J connectivity index is 2.68. The van der Waals surface area contributed by atoms with Crippen molar-refractivity contribution in [1.29, 1.82) is 0 Å². The molecular formula is C3H3ClN2+. The molecule has 0 aromatic carbocycles. The second-order valence-electron chi connectivity index (χ2n) is 0.917. The van der Waals surface area contributed by atoms with E-state index >= 15 is 0 Å². The molecule has 1 aliphatic heterocycles. The number of allylic oxidation sites excluding steroid dienone is 1. The van der Waals surface area contributed by atoms with Gasteiger partial charge in [0.15, 0.2) is 5.10 Å². The van der Waals surface area contributed by atoms with Crippen LogP contribution in [0.15, 0.2) is 11.2 Å². The molecule has 0 aliphatic carbocycles. The van der Waals surface area contributed by atoms with Gasteiger partial charge in [-0.15, -0.1) is 5.43 Å². The summed E-state index contributed by atoms with van der Waals surface area (Å²) < 4.78 is 0. The Labute approximate surface area is 40.5 Å². The van der Waals surface area contributed by atoms with E-state index in [1.54, 1.807) is 12.4 Å². The number of hydrogen-bond acceptors (Lipinski definition) is 2. The summed E-state index contributed by atoms with van der Waals surface area (Å²) in [6, 6.07) is 0. The van der Waals surface area contributed by atoms with E-state index in [-0.39, 0.29) is 0 Å². The summed E-state index contributed by atoms with van der Waals surface area (Å²) in [6.07, 6.45) is 3.16. The molecular weight excluding hydrogens is 99.5 g/mol. The van der Waals surface area contributed by atoms with Crippen LogP contribution in [0.4, 0.5) is 0 Å². The fourth-order valence-corrected chi connectivity index (χ4v) is 0.333. The van der Waals surface area contributed by atoms with Crippen molar-refractivity contribution in [3.8, 4) is 0 Å². The van der Waals surface area contributed by atoms with Crippen LogP contribution in [0.1, 0.15) is 0 Å². The van der Waals surface area contributed by atoms with Gasteiger partial charge in [0.05, 0.1) is 6.20 Å². The molecule has 1 radical (unpaired) electrons. The molecule has 0 aromatic rings. The van der Waals surface area contributed by atoms with Gasteiger partial charge in [0.25, 0.3) is 6.21 Å². The van der Waals surface area contributed by atoms with Crippen molar-refractivity contribution >= 4 is 17.8 Å². The van der Waals surface area contributed by atoms with Gasteiger partial charge in [-0.3, -0.25) is 0 Å². The van der Waals surface area contributed by atoms with E-state index in [0.717, 1.165) is 0 Å². The Hall–Kier alpha value is -0.500. The maximum atomic E-state index is 5.36. The molecule has 0 unspecified atom stereocenters. The number of hydrogen-bond donors (Lipinski definition) is 1. The van der Waals surface area contributed by atoms with E-state index in [2.05, 4.69) is 10.5 Å². The van der Waals surface area contributed by atoms with Crippen molar-refractivity contribution in [3.63, 3.8) is 0 Å². The monoisotopic (exact) mass is 102 g/mol. The van der Waals surface area contributed by atoms with Crippen molar-refractivity contribution < 1.29 is 0 Å². The van der Waals surface area contributed by atoms with Gasteiger partial charge in [-0.1, -0.05) is 11.6 Å². The van der Waals surface area contributed by atoms with Crippen molar-refractivity contribution in [2.45, 2.75) is 0 Å². The Morgan fingerprint density at radius 2 is 2.67 bits per heavy atom. The molecule has 0 saturated heterocycles. The van der Waals surface area contributed by atoms with Gasteiger partial charge in [0.1, 0.15) is 5.03 Å². The topological polar surface area (TPSA) is 26.1 Å². The number of hydrazone groups is 1. The molecule has 1 aliphatic rings. The highest BCUT2D eigenvalue weighted by atomic mass is 35.5. The summed E-state index contributed by atoms with van der Waals surface area (Å²) in [5.74, 6) is 0. The third kappa shape index (κ3) is 0.518. The Bertz CT molecular complexity index is 103. The van der Waals surface area contributed by atoms with Crippen LogP contribution in [0.3, 0.4) is 0 Å². The van der Waals surface area contributed by atoms with Crippen LogP contribution in [0, 0.1) is 0 Å². The first kappa shape index (κ1) is 3.68. The predicted molar refractivity (Wildman–Crippen MR) is 25.3 cm³/mol. The maximum absolute atomic E-state index is 5.36. The summed E-state index contributed by atoms with van der Waals surface area (Å²) in [5.41, 5.74) is 2.55. The predicted octanol–water partition coefficient (Wildman–Crippen LogP) is -0.00860. The zero-order chi connectivity index (χ0) is 4.41. The Morgan fingerprint density at radius 1 is 1.83 bits per heavy atom. The summed E-state index contributed by atoms with van der Waals surface area (Å²) in [7, 11) is 0. The molecule has 6 heavy (non-hydrogen) atoms. The van der Waals surface area contributed by atoms with Crippen molar-refractivity contribution in [2.75, 3.05) is 0 Å². The molecule has 1 rings (SSSR count). The van der Waals surface area contributed by atoms with Crippen LogP contribution in [0.2, 0.25) is 0 Å². The standard InChI is InChI=1S/C3H3ClN2/c4-3-1-5-6-2-3/h1-2,5H/q+1. The fraction of sp³-hybridized carbons (Fsp3) is 0. The highest BCUT2D eigenvalue weighted by Crippen LogP contribution is 1.93. The SMILES string of the molecule is ClC1=CN[N+]=C1. The molecule has 0 aromatic heterocycles. The highest BCUT2D eigenvalue weighted by Gasteiger charge is 2.01. The lowest BCUT2D eigenvalue weighted by atomic mass is 10.7. The zero-order valence-electron chi connectivity index (χ0n) is 2.98. The molecule has 1 N–H and O–H groups in total. The van der Waals surface area contributed by atoms with E-state index in [9.17, 15) is 0 Å². The lowest BCUT2D eigenvalue weighted by Gasteiger charge is -1.58. The largest absolute Gasteiger partial charge is 0.295 e. The minimum Gasteiger partial charge on any atom is -0.106 e. The lowest BCUT2D eigenvalue weighted by molar-refractivity contribution is 0.892. The minimum absolute atomic E-state index is 0.648. The van der Waals surface area contributed by atoms with E-state index in [1.165, 1.54) is 0 Å². The summed E-state index contributed by atoms with van der Waals surface area (Å²) >= 11 is 5.36. The van der Waals surface area contributed by atoms with Gasteiger partial charge in [-0.05, 0) is 0 Å². The lowest BCUT2D eigenvalue weighted by Crippen LogP contribution is -1.99.